The van der Waals surface area contributed by atoms with Crippen molar-refractivity contribution < 1.29 is 0 Å². The molecular formula is C47H33N3. The highest BCUT2D eigenvalue weighted by Gasteiger charge is 2.36. The predicted molar refractivity (Wildman–Crippen MR) is 208 cm³/mol. The van der Waals surface area contributed by atoms with Gasteiger partial charge in [-0.05, 0) is 109 Å². The number of benzene rings is 7. The molecule has 0 bridgehead atoms. The van der Waals surface area contributed by atoms with Crippen molar-refractivity contribution in [2.45, 2.75) is 19.3 Å². The van der Waals surface area contributed by atoms with Gasteiger partial charge in [0.25, 0.3) is 0 Å². The van der Waals surface area contributed by atoms with Crippen molar-refractivity contribution in [1.82, 2.24) is 14.5 Å². The van der Waals surface area contributed by atoms with Gasteiger partial charge in [-0.15, -0.1) is 0 Å². The van der Waals surface area contributed by atoms with Crippen molar-refractivity contribution in [3.05, 3.63) is 175 Å². The van der Waals surface area contributed by atoms with Crippen LogP contribution in [0.1, 0.15) is 25.0 Å². The monoisotopic (exact) mass is 639 g/mol. The third-order valence-electron chi connectivity index (χ3n) is 10.7. The lowest BCUT2D eigenvalue weighted by atomic mass is 9.81. The van der Waals surface area contributed by atoms with Gasteiger partial charge in [0, 0.05) is 34.1 Å². The van der Waals surface area contributed by atoms with Gasteiger partial charge in [-0.2, -0.15) is 0 Å². The van der Waals surface area contributed by atoms with Crippen LogP contribution < -0.4 is 0 Å². The predicted octanol–water partition coefficient (Wildman–Crippen LogP) is 12.0. The normalized spacial score (nSPS) is 13.2. The molecule has 0 saturated heterocycles. The summed E-state index contributed by atoms with van der Waals surface area (Å²) in [4.78, 5) is 10.1. The molecule has 1 aliphatic rings. The van der Waals surface area contributed by atoms with Gasteiger partial charge >= 0.3 is 0 Å². The molecule has 7 aromatic carbocycles. The number of aromatic nitrogens is 3. The van der Waals surface area contributed by atoms with Crippen LogP contribution in [0.15, 0.2) is 164 Å². The van der Waals surface area contributed by atoms with E-state index in [1.807, 2.05) is 12.4 Å². The van der Waals surface area contributed by atoms with Crippen molar-refractivity contribution in [2.75, 3.05) is 0 Å². The van der Waals surface area contributed by atoms with E-state index in [-0.39, 0.29) is 5.41 Å². The van der Waals surface area contributed by atoms with E-state index in [0.717, 1.165) is 22.2 Å². The Morgan fingerprint density at radius 1 is 0.420 bits per heavy atom. The van der Waals surface area contributed by atoms with Crippen LogP contribution in [0.4, 0.5) is 0 Å². The molecule has 0 N–H and O–H groups in total. The van der Waals surface area contributed by atoms with Crippen LogP contribution in [-0.2, 0) is 5.41 Å². The molecule has 3 nitrogen and oxygen atoms in total. The van der Waals surface area contributed by atoms with E-state index in [9.17, 15) is 0 Å². The first-order chi connectivity index (χ1) is 24.5. The molecular weight excluding hydrogens is 607 g/mol. The maximum atomic E-state index is 5.06. The number of nitrogens with zero attached hydrogens (tertiary/aromatic N) is 3. The summed E-state index contributed by atoms with van der Waals surface area (Å²) in [7, 11) is 0. The van der Waals surface area contributed by atoms with E-state index < -0.39 is 0 Å². The maximum absolute atomic E-state index is 5.06. The van der Waals surface area contributed by atoms with E-state index in [1.54, 1.807) is 0 Å². The summed E-state index contributed by atoms with van der Waals surface area (Å²) in [5, 5.41) is 4.97. The fourth-order valence-electron chi connectivity index (χ4n) is 8.07. The van der Waals surface area contributed by atoms with Crippen molar-refractivity contribution in [3.8, 4) is 50.5 Å². The standard InChI is InChI=1S/C47H33N3/c1-47(2)42-25-33-18-10-9-17-32(33)24-39(42)40-26-41-38-19-11-12-20-44(38)50(45(41)27-43(40)47)46-48-28-37(29-49-46)36-22-34(30-13-5-3-6-14-30)21-35(23-36)31-15-7-4-8-16-31/h3-29H,1-2H3. The number of hydrogen-bond donors (Lipinski definition) is 0. The number of para-hydroxylation sites is 1. The summed E-state index contributed by atoms with van der Waals surface area (Å²) in [5.41, 5.74) is 14.2. The first-order valence-electron chi connectivity index (χ1n) is 17.2. The molecule has 1 aliphatic carbocycles. The molecule has 236 valence electrons. The quantitative estimate of drug-likeness (QED) is 0.192. The summed E-state index contributed by atoms with van der Waals surface area (Å²) in [6, 6.07) is 54.7. The third kappa shape index (κ3) is 4.37. The van der Waals surface area contributed by atoms with Crippen LogP contribution in [0.25, 0.3) is 83.0 Å². The Bertz CT molecular complexity index is 2700. The smallest absolute Gasteiger partial charge is 0.234 e. The van der Waals surface area contributed by atoms with E-state index in [1.165, 1.54) is 66.1 Å². The lowest BCUT2D eigenvalue weighted by Gasteiger charge is -2.22. The molecule has 0 fully saturated rings. The van der Waals surface area contributed by atoms with Crippen LogP contribution in [-0.4, -0.2) is 14.5 Å². The second-order valence-corrected chi connectivity index (χ2v) is 13.9. The largest absolute Gasteiger partial charge is 0.278 e. The van der Waals surface area contributed by atoms with Crippen molar-refractivity contribution in [2.24, 2.45) is 0 Å². The summed E-state index contributed by atoms with van der Waals surface area (Å²) >= 11 is 0. The minimum absolute atomic E-state index is 0.144. The molecule has 50 heavy (non-hydrogen) atoms. The molecule has 10 rings (SSSR count). The minimum atomic E-state index is -0.144. The highest BCUT2D eigenvalue weighted by molar-refractivity contribution is 6.11. The zero-order chi connectivity index (χ0) is 33.4. The van der Waals surface area contributed by atoms with Gasteiger partial charge in [-0.3, -0.25) is 4.57 Å². The Morgan fingerprint density at radius 2 is 0.940 bits per heavy atom. The van der Waals surface area contributed by atoms with Crippen LogP contribution in [0, 0.1) is 0 Å². The Morgan fingerprint density at radius 3 is 1.60 bits per heavy atom. The van der Waals surface area contributed by atoms with Crippen LogP contribution >= 0.6 is 0 Å². The zero-order valence-corrected chi connectivity index (χ0v) is 27.9. The zero-order valence-electron chi connectivity index (χ0n) is 27.9. The van der Waals surface area contributed by atoms with Gasteiger partial charge in [0.2, 0.25) is 5.95 Å². The first kappa shape index (κ1) is 28.7. The van der Waals surface area contributed by atoms with Gasteiger partial charge in [0.15, 0.2) is 0 Å². The Balaban J connectivity index is 1.13. The van der Waals surface area contributed by atoms with Crippen LogP contribution in [0.2, 0.25) is 0 Å². The second-order valence-electron chi connectivity index (χ2n) is 13.9. The van der Waals surface area contributed by atoms with E-state index >= 15 is 0 Å². The van der Waals surface area contributed by atoms with Gasteiger partial charge < -0.3 is 0 Å². The lowest BCUT2D eigenvalue weighted by molar-refractivity contribution is 0.661. The Kier molecular flexibility index (Phi) is 6.22. The average Bonchev–Trinajstić information content (AvgIpc) is 3.61. The molecule has 0 spiro atoms. The molecule has 3 heteroatoms. The van der Waals surface area contributed by atoms with Crippen LogP contribution in [0.3, 0.4) is 0 Å². The number of hydrogen-bond acceptors (Lipinski definition) is 2. The van der Waals surface area contributed by atoms with E-state index in [4.69, 9.17) is 9.97 Å². The highest BCUT2D eigenvalue weighted by Crippen LogP contribution is 2.52. The van der Waals surface area contributed by atoms with Gasteiger partial charge in [0.1, 0.15) is 0 Å². The van der Waals surface area contributed by atoms with E-state index in [2.05, 4.69) is 170 Å². The third-order valence-corrected chi connectivity index (χ3v) is 10.7. The van der Waals surface area contributed by atoms with Crippen molar-refractivity contribution >= 4 is 32.6 Å². The van der Waals surface area contributed by atoms with Gasteiger partial charge in [0.05, 0.1) is 11.0 Å². The topological polar surface area (TPSA) is 30.7 Å². The molecule has 0 amide bonds. The molecule has 9 aromatic rings. The minimum Gasteiger partial charge on any atom is -0.278 e. The fraction of sp³-hybridized carbons (Fsp3) is 0.0638. The summed E-state index contributed by atoms with van der Waals surface area (Å²) < 4.78 is 2.24. The summed E-state index contributed by atoms with van der Waals surface area (Å²) in [6.45, 7) is 4.70. The molecule has 0 atom stereocenters. The SMILES string of the molecule is CC1(C)c2cc3ccccc3cc2-c2cc3c4ccccc4n(-c4ncc(-c5cc(-c6ccccc6)cc(-c6ccccc6)c5)cn4)c3cc21. The second kappa shape index (κ2) is 10.8. The molecule has 0 aliphatic heterocycles. The summed E-state index contributed by atoms with van der Waals surface area (Å²) in [6.07, 6.45) is 3.95. The fourth-order valence-corrected chi connectivity index (χ4v) is 8.07. The van der Waals surface area contributed by atoms with Crippen molar-refractivity contribution in [1.29, 1.82) is 0 Å². The summed E-state index contributed by atoms with van der Waals surface area (Å²) in [5.74, 6) is 0.668. The number of rotatable bonds is 4. The Labute approximate surface area is 291 Å². The molecule has 0 unspecified atom stereocenters. The maximum Gasteiger partial charge on any atom is 0.234 e. The number of fused-ring (bicyclic) bond motifs is 7. The van der Waals surface area contributed by atoms with Gasteiger partial charge in [-0.25, -0.2) is 9.97 Å². The lowest BCUT2D eigenvalue weighted by Crippen LogP contribution is -2.15. The molecule has 2 aromatic heterocycles. The highest BCUT2D eigenvalue weighted by atomic mass is 15.1. The van der Waals surface area contributed by atoms with E-state index in [0.29, 0.717) is 5.95 Å². The Hall–Kier alpha value is -6.32. The molecule has 0 radical (unpaired) electrons. The van der Waals surface area contributed by atoms with Crippen LogP contribution in [0.5, 0.6) is 0 Å². The molecule has 2 heterocycles. The first-order valence-corrected chi connectivity index (χ1v) is 17.2. The average molecular weight is 640 g/mol. The van der Waals surface area contributed by atoms with Gasteiger partial charge in [-0.1, -0.05) is 117 Å². The molecule has 0 saturated carbocycles. The van der Waals surface area contributed by atoms with Crippen molar-refractivity contribution in [3.63, 3.8) is 0 Å².